The van der Waals surface area contributed by atoms with Gasteiger partial charge in [0.1, 0.15) is 17.3 Å². The van der Waals surface area contributed by atoms with Crippen molar-refractivity contribution in [1.29, 1.82) is 0 Å². The molecular weight excluding hydrogens is 476 g/mol. The van der Waals surface area contributed by atoms with Crippen molar-refractivity contribution in [2.75, 3.05) is 24.5 Å². The molecule has 1 saturated heterocycles. The van der Waals surface area contributed by atoms with E-state index in [4.69, 9.17) is 21.1 Å². The van der Waals surface area contributed by atoms with Crippen molar-refractivity contribution in [2.24, 2.45) is 5.92 Å². The van der Waals surface area contributed by atoms with E-state index >= 15 is 0 Å². The molecule has 7 nitrogen and oxygen atoms in total. The van der Waals surface area contributed by atoms with E-state index in [0.29, 0.717) is 28.9 Å². The Morgan fingerprint density at radius 2 is 1.92 bits per heavy atom. The number of hydrogen-bond donors (Lipinski definition) is 1. The average Bonchev–Trinajstić information content (AvgIpc) is 3.26. The van der Waals surface area contributed by atoms with E-state index in [1.165, 1.54) is 4.90 Å². The van der Waals surface area contributed by atoms with Gasteiger partial charge in [-0.25, -0.2) is 9.78 Å². The highest BCUT2D eigenvalue weighted by atomic mass is 35.5. The summed E-state index contributed by atoms with van der Waals surface area (Å²) in [5, 5.41) is 15.8. The molecule has 0 radical (unpaired) electrons. The van der Waals surface area contributed by atoms with Gasteiger partial charge in [-0.15, -0.1) is 0 Å². The lowest BCUT2D eigenvalue weighted by atomic mass is 9.93. The van der Waals surface area contributed by atoms with Gasteiger partial charge in [0.15, 0.2) is 0 Å². The highest BCUT2D eigenvalue weighted by molar-refractivity contribution is 6.31. The zero-order valence-corrected chi connectivity index (χ0v) is 21.0. The molecule has 1 N–H and O–H groups in total. The van der Waals surface area contributed by atoms with Crippen LogP contribution in [0.15, 0.2) is 65.2 Å². The molecule has 1 amide bonds. The van der Waals surface area contributed by atoms with Crippen molar-refractivity contribution < 1.29 is 14.4 Å². The lowest BCUT2D eigenvalue weighted by Crippen LogP contribution is -2.36. The fourth-order valence-corrected chi connectivity index (χ4v) is 5.06. The Morgan fingerprint density at radius 1 is 1.14 bits per heavy atom. The number of nitrogens with zero attached hydrogens (tertiary/aromatic N) is 4. The summed E-state index contributed by atoms with van der Waals surface area (Å²) in [6.45, 7) is 4.39. The van der Waals surface area contributed by atoms with Crippen LogP contribution in [0.4, 0.5) is 10.6 Å². The van der Waals surface area contributed by atoms with Crippen LogP contribution in [0.1, 0.15) is 30.6 Å². The van der Waals surface area contributed by atoms with Crippen LogP contribution < -0.4 is 4.90 Å². The van der Waals surface area contributed by atoms with Crippen molar-refractivity contribution >= 4 is 34.4 Å². The molecule has 2 aromatic heterocycles. The molecule has 0 saturated carbocycles. The van der Waals surface area contributed by atoms with Gasteiger partial charge < -0.3 is 19.4 Å². The van der Waals surface area contributed by atoms with E-state index in [2.05, 4.69) is 22.2 Å². The largest absolute Gasteiger partial charge is 0.465 e. The second kappa shape index (κ2) is 10.6. The SMILES string of the molecule is Cc1onc(-c2ccccc2)c1CN(CCC1CCN(c2ccc3cc(Cl)ccc3n2)CC1)C(=O)O. The Bertz CT molecular complexity index is 1350. The number of pyridine rings is 1. The van der Waals surface area contributed by atoms with Crippen LogP contribution in [0.25, 0.3) is 22.2 Å². The summed E-state index contributed by atoms with van der Waals surface area (Å²) in [4.78, 5) is 20.7. The Kier molecular flexibility index (Phi) is 7.09. The summed E-state index contributed by atoms with van der Waals surface area (Å²) in [6.07, 6.45) is 1.92. The van der Waals surface area contributed by atoms with E-state index < -0.39 is 6.09 Å². The third-order valence-electron chi connectivity index (χ3n) is 7.03. The van der Waals surface area contributed by atoms with Gasteiger partial charge in [-0.1, -0.05) is 47.1 Å². The number of piperidine rings is 1. The number of anilines is 1. The van der Waals surface area contributed by atoms with Crippen LogP contribution in [0.5, 0.6) is 0 Å². The topological polar surface area (TPSA) is 82.7 Å². The van der Waals surface area contributed by atoms with Gasteiger partial charge in [-0.05, 0) is 62.4 Å². The Morgan fingerprint density at radius 3 is 2.67 bits per heavy atom. The maximum absolute atomic E-state index is 12.1. The molecule has 0 spiro atoms. The van der Waals surface area contributed by atoms with Crippen LogP contribution in [-0.4, -0.2) is 45.9 Å². The first-order valence-corrected chi connectivity index (χ1v) is 12.7. The van der Waals surface area contributed by atoms with Crippen molar-refractivity contribution in [3.8, 4) is 11.3 Å². The summed E-state index contributed by atoms with van der Waals surface area (Å²) >= 11 is 6.09. The molecule has 0 aliphatic carbocycles. The molecule has 186 valence electrons. The minimum absolute atomic E-state index is 0.263. The second-order valence-corrected chi connectivity index (χ2v) is 9.80. The number of aryl methyl sites for hydroxylation is 1. The van der Waals surface area contributed by atoms with Gasteiger partial charge in [0, 0.05) is 41.2 Å². The number of halogens is 1. The standard InChI is InChI=1S/C28H29ClN4O3/c1-19-24(27(31-36-19)21-5-3-2-4-6-21)18-33(28(34)35)16-13-20-11-14-32(15-12-20)26-10-7-22-17-23(29)8-9-25(22)30-26/h2-10,17,20H,11-16,18H2,1H3,(H,34,35). The number of fused-ring (bicyclic) bond motifs is 1. The van der Waals surface area contributed by atoms with Gasteiger partial charge in [0.25, 0.3) is 0 Å². The molecule has 1 fully saturated rings. The number of amides is 1. The van der Waals surface area contributed by atoms with E-state index in [9.17, 15) is 9.90 Å². The maximum Gasteiger partial charge on any atom is 0.407 e. The van der Waals surface area contributed by atoms with Gasteiger partial charge >= 0.3 is 6.09 Å². The molecule has 1 aliphatic rings. The molecule has 0 unspecified atom stereocenters. The lowest BCUT2D eigenvalue weighted by molar-refractivity contribution is 0.137. The van der Waals surface area contributed by atoms with Crippen LogP contribution in [-0.2, 0) is 6.54 Å². The van der Waals surface area contributed by atoms with E-state index in [1.54, 1.807) is 0 Å². The number of rotatable bonds is 7. The molecule has 0 atom stereocenters. The maximum atomic E-state index is 12.1. The van der Waals surface area contributed by atoms with Gasteiger partial charge in [0.05, 0.1) is 12.1 Å². The number of benzene rings is 2. The lowest BCUT2D eigenvalue weighted by Gasteiger charge is -2.33. The van der Waals surface area contributed by atoms with Crippen molar-refractivity contribution in [3.63, 3.8) is 0 Å². The summed E-state index contributed by atoms with van der Waals surface area (Å²) in [7, 11) is 0. The molecule has 8 heteroatoms. The van der Waals surface area contributed by atoms with Crippen LogP contribution in [0, 0.1) is 12.8 Å². The molecule has 4 aromatic rings. The van der Waals surface area contributed by atoms with Gasteiger partial charge in [-0.2, -0.15) is 0 Å². The first-order valence-electron chi connectivity index (χ1n) is 12.3. The van der Waals surface area contributed by atoms with Crippen molar-refractivity contribution in [3.05, 3.63) is 77.0 Å². The first-order chi connectivity index (χ1) is 17.5. The summed E-state index contributed by atoms with van der Waals surface area (Å²) in [6, 6.07) is 19.6. The smallest absolute Gasteiger partial charge is 0.407 e. The molecule has 1 aliphatic heterocycles. The number of aromatic nitrogens is 2. The van der Waals surface area contributed by atoms with E-state index in [0.717, 1.165) is 60.2 Å². The molecule has 3 heterocycles. The predicted octanol–water partition coefficient (Wildman–Crippen LogP) is 6.64. The zero-order valence-electron chi connectivity index (χ0n) is 20.2. The normalized spacial score (nSPS) is 14.3. The summed E-state index contributed by atoms with van der Waals surface area (Å²) in [5.41, 5.74) is 3.39. The fraction of sp³-hybridized carbons (Fsp3) is 0.321. The Hall–Kier alpha value is -3.58. The second-order valence-electron chi connectivity index (χ2n) is 9.36. The first kappa shape index (κ1) is 24.1. The van der Waals surface area contributed by atoms with Gasteiger partial charge in [0.2, 0.25) is 0 Å². The predicted molar refractivity (Wildman–Crippen MR) is 141 cm³/mol. The Balaban J connectivity index is 1.19. The summed E-state index contributed by atoms with van der Waals surface area (Å²) in [5.74, 6) is 2.10. The van der Waals surface area contributed by atoms with Crippen molar-refractivity contribution in [1.82, 2.24) is 15.0 Å². The molecular formula is C28H29ClN4O3. The van der Waals surface area contributed by atoms with Crippen LogP contribution in [0.3, 0.4) is 0 Å². The third-order valence-corrected chi connectivity index (χ3v) is 7.27. The quantitative estimate of drug-likeness (QED) is 0.304. The number of hydrogen-bond acceptors (Lipinski definition) is 5. The van der Waals surface area contributed by atoms with E-state index in [1.807, 2.05) is 55.5 Å². The highest BCUT2D eigenvalue weighted by Crippen LogP contribution is 2.29. The van der Waals surface area contributed by atoms with Crippen molar-refractivity contribution in [2.45, 2.75) is 32.7 Å². The Labute approximate surface area is 215 Å². The van der Waals surface area contributed by atoms with Gasteiger partial charge in [-0.3, -0.25) is 0 Å². The monoisotopic (exact) mass is 504 g/mol. The minimum atomic E-state index is -0.924. The van der Waals surface area contributed by atoms with Crippen LogP contribution >= 0.6 is 11.6 Å². The van der Waals surface area contributed by atoms with E-state index in [-0.39, 0.29) is 6.54 Å². The average molecular weight is 505 g/mol. The molecule has 0 bridgehead atoms. The fourth-order valence-electron chi connectivity index (χ4n) is 4.88. The minimum Gasteiger partial charge on any atom is -0.465 e. The highest BCUT2D eigenvalue weighted by Gasteiger charge is 2.24. The molecule has 2 aromatic carbocycles. The number of carbonyl (C=O) groups is 1. The third kappa shape index (κ3) is 5.31. The molecule has 36 heavy (non-hydrogen) atoms. The number of carboxylic acid groups (broad SMARTS) is 1. The molecule has 5 rings (SSSR count). The summed E-state index contributed by atoms with van der Waals surface area (Å²) < 4.78 is 5.42. The van der Waals surface area contributed by atoms with Crippen LogP contribution in [0.2, 0.25) is 5.02 Å². The zero-order chi connectivity index (χ0) is 25.1.